The Morgan fingerprint density at radius 3 is 2.16 bits per heavy atom. The number of ketones is 1. The number of amides is 1. The van der Waals surface area contributed by atoms with Crippen molar-refractivity contribution >= 4 is 11.9 Å². The van der Waals surface area contributed by atoms with Crippen LogP contribution in [0.25, 0.3) is 0 Å². The van der Waals surface area contributed by atoms with Gasteiger partial charge >= 0.3 is 6.09 Å². The zero-order valence-corrected chi connectivity index (χ0v) is 18.3. The van der Waals surface area contributed by atoms with Crippen LogP contribution in [-0.2, 0) is 26.2 Å². The van der Waals surface area contributed by atoms with Crippen molar-refractivity contribution in [1.82, 2.24) is 5.32 Å². The van der Waals surface area contributed by atoms with Crippen LogP contribution in [0.5, 0.6) is 0 Å². The number of alkyl carbamates (subject to hydrolysis) is 1. The van der Waals surface area contributed by atoms with E-state index in [9.17, 15) is 9.59 Å². The molecule has 1 spiro atoms. The van der Waals surface area contributed by atoms with Gasteiger partial charge < -0.3 is 19.5 Å². The van der Waals surface area contributed by atoms with Crippen molar-refractivity contribution in [2.75, 3.05) is 13.2 Å². The Balaban J connectivity index is 1.51. The molecule has 0 unspecified atom stereocenters. The summed E-state index contributed by atoms with van der Waals surface area (Å²) in [5, 5.41) is 3.04. The fourth-order valence-corrected chi connectivity index (χ4v) is 4.29. The van der Waals surface area contributed by atoms with E-state index < -0.39 is 23.0 Å². The van der Waals surface area contributed by atoms with Crippen LogP contribution in [0.3, 0.4) is 0 Å². The molecular weight excluding hydrogens is 394 g/mol. The van der Waals surface area contributed by atoms with Crippen molar-refractivity contribution in [3.63, 3.8) is 0 Å². The fraction of sp³-hybridized carbons (Fsp3) is 0.440. The number of carbonyl (C=O) groups excluding carboxylic acids is 2. The topological polar surface area (TPSA) is 73.9 Å². The lowest BCUT2D eigenvalue weighted by molar-refractivity contribution is -0.245. The molecule has 1 heterocycles. The first-order valence-corrected chi connectivity index (χ1v) is 10.7. The van der Waals surface area contributed by atoms with Crippen LogP contribution in [0.15, 0.2) is 54.6 Å². The zero-order valence-electron chi connectivity index (χ0n) is 18.3. The molecule has 0 atom stereocenters. The van der Waals surface area contributed by atoms with Gasteiger partial charge in [-0.2, -0.15) is 0 Å². The largest absolute Gasteiger partial charge is 0.444 e. The number of nitrogens with one attached hydrogen (secondary N) is 1. The molecule has 164 valence electrons. The molecule has 2 aromatic rings. The predicted octanol–water partition coefficient (Wildman–Crippen LogP) is 4.37. The van der Waals surface area contributed by atoms with E-state index in [0.29, 0.717) is 38.0 Å². The molecule has 31 heavy (non-hydrogen) atoms. The van der Waals surface area contributed by atoms with Gasteiger partial charge in [-0.3, -0.25) is 4.79 Å². The molecule has 6 heteroatoms. The second-order valence-corrected chi connectivity index (χ2v) is 9.33. The molecule has 1 saturated carbocycles. The monoisotopic (exact) mass is 423 g/mol. The van der Waals surface area contributed by atoms with Gasteiger partial charge in [0, 0.05) is 24.8 Å². The molecule has 6 nitrogen and oxygen atoms in total. The average Bonchev–Trinajstić information content (AvgIpc) is 3.16. The maximum absolute atomic E-state index is 12.7. The Hall–Kier alpha value is -2.70. The average molecular weight is 424 g/mol. The molecule has 1 aliphatic carbocycles. The first-order chi connectivity index (χ1) is 14.7. The van der Waals surface area contributed by atoms with Gasteiger partial charge in [0.1, 0.15) is 5.60 Å². The van der Waals surface area contributed by atoms with Crippen LogP contribution in [0.1, 0.15) is 55.1 Å². The first kappa shape index (κ1) is 21.5. The van der Waals surface area contributed by atoms with Gasteiger partial charge in [0.2, 0.25) is 0 Å². The summed E-state index contributed by atoms with van der Waals surface area (Å²) >= 11 is 0. The van der Waals surface area contributed by atoms with Crippen LogP contribution < -0.4 is 5.32 Å². The van der Waals surface area contributed by atoms with Gasteiger partial charge in [0.15, 0.2) is 11.6 Å². The number of hydrogen-bond donors (Lipinski definition) is 1. The summed E-state index contributed by atoms with van der Waals surface area (Å²) in [6.45, 7) is 6.60. The van der Waals surface area contributed by atoms with Crippen LogP contribution in [0.2, 0.25) is 0 Å². The van der Waals surface area contributed by atoms with Crippen molar-refractivity contribution in [2.24, 2.45) is 0 Å². The second kappa shape index (κ2) is 8.09. The molecule has 0 aromatic heterocycles. The number of rotatable bonds is 5. The minimum absolute atomic E-state index is 0.0550. The summed E-state index contributed by atoms with van der Waals surface area (Å²) in [7, 11) is 0. The second-order valence-electron chi connectivity index (χ2n) is 9.33. The smallest absolute Gasteiger partial charge is 0.408 e. The number of carbonyl (C=O) groups is 2. The Morgan fingerprint density at radius 1 is 0.968 bits per heavy atom. The molecule has 1 saturated heterocycles. The van der Waals surface area contributed by atoms with Gasteiger partial charge in [-0.05, 0) is 31.9 Å². The Labute approximate surface area is 182 Å². The first-order valence-electron chi connectivity index (χ1n) is 10.7. The van der Waals surface area contributed by atoms with Gasteiger partial charge in [-0.15, -0.1) is 0 Å². The minimum atomic E-state index is -0.659. The van der Waals surface area contributed by atoms with Gasteiger partial charge in [0.05, 0.1) is 18.8 Å². The van der Waals surface area contributed by atoms with Crippen LogP contribution >= 0.6 is 0 Å². The summed E-state index contributed by atoms with van der Waals surface area (Å²) in [5.41, 5.74) is 1.27. The molecule has 1 amide bonds. The van der Waals surface area contributed by atoms with Gasteiger partial charge in [-0.1, -0.05) is 54.6 Å². The summed E-state index contributed by atoms with van der Waals surface area (Å²) < 4.78 is 17.1. The number of benzene rings is 2. The summed E-state index contributed by atoms with van der Waals surface area (Å²) in [5.74, 6) is -0.601. The Morgan fingerprint density at radius 2 is 1.58 bits per heavy atom. The van der Waals surface area contributed by atoms with Crippen LogP contribution in [0, 0.1) is 0 Å². The summed E-state index contributed by atoms with van der Waals surface area (Å²) in [6.07, 6.45) is 0.865. The minimum Gasteiger partial charge on any atom is -0.444 e. The van der Waals surface area contributed by atoms with Gasteiger partial charge in [-0.25, -0.2) is 4.79 Å². The third kappa shape index (κ3) is 4.81. The third-order valence-electron chi connectivity index (χ3n) is 5.66. The third-order valence-corrected chi connectivity index (χ3v) is 5.66. The van der Waals surface area contributed by atoms with E-state index >= 15 is 0 Å². The maximum Gasteiger partial charge on any atom is 0.408 e. The molecule has 1 aliphatic heterocycles. The van der Waals surface area contributed by atoms with Crippen molar-refractivity contribution in [3.05, 3.63) is 71.3 Å². The van der Waals surface area contributed by atoms with E-state index in [1.165, 1.54) is 0 Å². The summed E-state index contributed by atoms with van der Waals surface area (Å²) in [6, 6.07) is 17.1. The highest BCUT2D eigenvalue weighted by Gasteiger charge is 2.60. The van der Waals surface area contributed by atoms with Crippen LogP contribution in [-0.4, -0.2) is 36.5 Å². The fourth-order valence-electron chi connectivity index (χ4n) is 4.29. The van der Waals surface area contributed by atoms with Gasteiger partial charge in [0.25, 0.3) is 0 Å². The molecule has 2 aromatic carbocycles. The molecule has 1 N–H and O–H groups in total. The highest BCUT2D eigenvalue weighted by molar-refractivity contribution is 5.97. The number of ether oxygens (including phenoxy) is 3. The quantitative estimate of drug-likeness (QED) is 0.723. The lowest BCUT2D eigenvalue weighted by Crippen LogP contribution is -2.64. The SMILES string of the molecule is CC(C)(C)OC(=O)NC1(c2ccc(C(=O)Cc3ccccc3)cc2)CC2(C1)OCCO2. The Bertz CT molecular complexity index is 932. The lowest BCUT2D eigenvalue weighted by Gasteiger charge is -2.53. The van der Waals surface area contributed by atoms with Crippen molar-refractivity contribution < 1.29 is 23.8 Å². The van der Waals surface area contributed by atoms with Crippen molar-refractivity contribution in [2.45, 2.75) is 57.0 Å². The Kier molecular flexibility index (Phi) is 5.62. The van der Waals surface area contributed by atoms with E-state index in [0.717, 1.165) is 11.1 Å². The molecule has 2 fully saturated rings. The molecular formula is C25H29NO5. The molecule has 0 bridgehead atoms. The predicted molar refractivity (Wildman–Crippen MR) is 116 cm³/mol. The van der Waals surface area contributed by atoms with Crippen LogP contribution in [0.4, 0.5) is 4.79 Å². The molecule has 4 rings (SSSR count). The molecule has 0 radical (unpaired) electrons. The maximum atomic E-state index is 12.7. The van der Waals surface area contributed by atoms with E-state index in [1.54, 1.807) is 0 Å². The zero-order chi connectivity index (χ0) is 22.1. The van der Waals surface area contributed by atoms with E-state index in [1.807, 2.05) is 75.4 Å². The number of Topliss-reactive ketones (excluding diaryl/α,β-unsaturated/α-hetero) is 1. The highest BCUT2D eigenvalue weighted by Crippen LogP contribution is 2.52. The van der Waals surface area contributed by atoms with Crippen molar-refractivity contribution in [1.29, 1.82) is 0 Å². The number of hydrogen-bond acceptors (Lipinski definition) is 5. The summed E-state index contributed by atoms with van der Waals surface area (Å²) in [4.78, 5) is 25.2. The molecule has 2 aliphatic rings. The van der Waals surface area contributed by atoms with E-state index in [4.69, 9.17) is 14.2 Å². The normalized spacial score (nSPS) is 18.9. The standard InChI is InChI=1S/C25H29NO5/c1-23(2,3)31-22(28)26-24(16-25(17-24)29-13-14-30-25)20-11-9-19(10-12-20)21(27)15-18-7-5-4-6-8-18/h4-12H,13-17H2,1-3H3,(H,26,28). The van der Waals surface area contributed by atoms with Crippen molar-refractivity contribution in [3.8, 4) is 0 Å². The lowest BCUT2D eigenvalue weighted by atomic mass is 9.67. The highest BCUT2D eigenvalue weighted by atomic mass is 16.7. The van der Waals surface area contributed by atoms with E-state index in [2.05, 4.69) is 5.32 Å². The van der Waals surface area contributed by atoms with E-state index in [-0.39, 0.29) is 5.78 Å².